The van der Waals surface area contributed by atoms with Crippen LogP contribution in [0.3, 0.4) is 0 Å². The molecule has 5 nitrogen and oxygen atoms in total. The molecule has 2 bridgehead atoms. The minimum absolute atomic E-state index is 0.0379. The first-order chi connectivity index (χ1) is 9.92. The number of carboxylic acids is 1. The largest absolute Gasteiger partial charge is 0.496 e. The quantitative estimate of drug-likeness (QED) is 0.870. The van der Waals surface area contributed by atoms with E-state index in [4.69, 9.17) is 9.84 Å². The van der Waals surface area contributed by atoms with Crippen LogP contribution in [0.25, 0.3) is 0 Å². The summed E-state index contributed by atoms with van der Waals surface area (Å²) in [5.74, 6) is -0.0658. The Morgan fingerprint density at radius 1 is 1.24 bits per heavy atom. The smallest absolute Gasteiger partial charge is 0.309 e. The Bertz CT molecular complexity index is 590. The van der Waals surface area contributed by atoms with Gasteiger partial charge in [0.05, 0.1) is 24.0 Å². The van der Waals surface area contributed by atoms with Gasteiger partial charge in [0, 0.05) is 5.56 Å². The van der Waals surface area contributed by atoms with Gasteiger partial charge in [0.1, 0.15) is 5.75 Å². The predicted molar refractivity (Wildman–Crippen MR) is 75.9 cm³/mol. The van der Waals surface area contributed by atoms with Gasteiger partial charge in [0.2, 0.25) is 5.91 Å². The molecule has 5 heteroatoms. The van der Waals surface area contributed by atoms with Crippen molar-refractivity contribution in [3.05, 3.63) is 29.8 Å². The molecule has 2 N–H and O–H groups in total. The van der Waals surface area contributed by atoms with Crippen molar-refractivity contribution in [1.82, 2.24) is 5.32 Å². The lowest BCUT2D eigenvalue weighted by molar-refractivity contribution is -0.220. The molecule has 112 valence electrons. The van der Waals surface area contributed by atoms with Crippen LogP contribution in [0, 0.1) is 10.8 Å². The fraction of sp³-hybridized carbons (Fsp3) is 0.500. The van der Waals surface area contributed by atoms with Crippen LogP contribution in [0.1, 0.15) is 37.8 Å². The normalized spacial score (nSPS) is 30.6. The molecule has 0 saturated heterocycles. The van der Waals surface area contributed by atoms with Crippen molar-refractivity contribution < 1.29 is 19.4 Å². The summed E-state index contributed by atoms with van der Waals surface area (Å²) in [6.45, 7) is 1.91. The average molecular weight is 289 g/mol. The van der Waals surface area contributed by atoms with Crippen LogP contribution in [-0.4, -0.2) is 24.1 Å². The number of carbonyl (C=O) groups is 2. The molecular weight excluding hydrogens is 270 g/mol. The second-order valence-electron chi connectivity index (χ2n) is 6.33. The van der Waals surface area contributed by atoms with Crippen molar-refractivity contribution in [3.8, 4) is 5.75 Å². The Hall–Kier alpha value is -2.04. The molecular formula is C16H19NO4. The van der Waals surface area contributed by atoms with E-state index in [1.807, 2.05) is 31.2 Å². The topological polar surface area (TPSA) is 75.6 Å². The summed E-state index contributed by atoms with van der Waals surface area (Å²) in [5.41, 5.74) is -0.146. The van der Waals surface area contributed by atoms with Gasteiger partial charge in [-0.25, -0.2) is 0 Å². The van der Waals surface area contributed by atoms with Gasteiger partial charge in [-0.1, -0.05) is 18.2 Å². The van der Waals surface area contributed by atoms with E-state index in [9.17, 15) is 9.59 Å². The van der Waals surface area contributed by atoms with Crippen LogP contribution in [0.15, 0.2) is 24.3 Å². The SMILES string of the molecule is COc1ccccc1[C@H](C)NC(=O)C12CC(C(=O)O)(C1)C2. The van der Waals surface area contributed by atoms with Gasteiger partial charge in [-0.15, -0.1) is 0 Å². The number of hydrogen-bond donors (Lipinski definition) is 2. The van der Waals surface area contributed by atoms with Crippen molar-refractivity contribution in [2.45, 2.75) is 32.2 Å². The third-order valence-corrected chi connectivity index (χ3v) is 4.92. The van der Waals surface area contributed by atoms with Gasteiger partial charge in [-0.2, -0.15) is 0 Å². The molecule has 0 aromatic heterocycles. The molecule has 3 aliphatic rings. The number of nitrogens with one attached hydrogen (secondary N) is 1. The molecule has 1 aromatic rings. The van der Waals surface area contributed by atoms with Crippen molar-refractivity contribution in [3.63, 3.8) is 0 Å². The first-order valence-corrected chi connectivity index (χ1v) is 7.10. The van der Waals surface area contributed by atoms with Gasteiger partial charge >= 0.3 is 5.97 Å². The molecule has 0 spiro atoms. The molecule has 1 amide bonds. The van der Waals surface area contributed by atoms with Crippen molar-refractivity contribution in [2.75, 3.05) is 7.11 Å². The molecule has 0 heterocycles. The maximum absolute atomic E-state index is 12.4. The molecule has 4 rings (SSSR count). The summed E-state index contributed by atoms with van der Waals surface area (Å²) < 4.78 is 5.30. The van der Waals surface area contributed by atoms with Crippen molar-refractivity contribution in [2.24, 2.45) is 10.8 Å². The lowest BCUT2D eigenvalue weighted by Crippen LogP contribution is -2.70. The Labute approximate surface area is 123 Å². The Morgan fingerprint density at radius 2 is 1.86 bits per heavy atom. The number of amides is 1. The second kappa shape index (κ2) is 4.48. The highest BCUT2D eigenvalue weighted by atomic mass is 16.5. The first-order valence-electron chi connectivity index (χ1n) is 7.10. The predicted octanol–water partition coefficient (Wildman–Crippen LogP) is 2.13. The highest BCUT2D eigenvalue weighted by molar-refractivity contribution is 5.93. The van der Waals surface area contributed by atoms with Crippen LogP contribution < -0.4 is 10.1 Å². The number of aliphatic carboxylic acids is 1. The van der Waals surface area contributed by atoms with Crippen LogP contribution in [-0.2, 0) is 9.59 Å². The minimum Gasteiger partial charge on any atom is -0.496 e. The van der Waals surface area contributed by atoms with Crippen LogP contribution >= 0.6 is 0 Å². The maximum atomic E-state index is 12.4. The zero-order chi connectivity index (χ0) is 15.3. The van der Waals surface area contributed by atoms with E-state index >= 15 is 0 Å². The zero-order valence-corrected chi connectivity index (χ0v) is 12.2. The van der Waals surface area contributed by atoms with E-state index in [0.29, 0.717) is 19.3 Å². The number of benzene rings is 1. The molecule has 3 aliphatic carbocycles. The number of para-hydroxylation sites is 1. The van der Waals surface area contributed by atoms with Crippen LogP contribution in [0.2, 0.25) is 0 Å². The second-order valence-corrected chi connectivity index (χ2v) is 6.33. The van der Waals surface area contributed by atoms with E-state index in [1.165, 1.54) is 0 Å². The molecule has 0 radical (unpaired) electrons. The Kier molecular flexibility index (Phi) is 2.97. The molecule has 1 atom stereocenters. The van der Waals surface area contributed by atoms with Gasteiger partial charge in [-0.3, -0.25) is 9.59 Å². The third kappa shape index (κ3) is 1.91. The fourth-order valence-electron chi connectivity index (χ4n) is 3.71. The standard InChI is InChI=1S/C16H19NO4/c1-10(11-5-3-4-6-12(11)21-2)17-13(18)15-7-16(8-15,9-15)14(19)20/h3-6,10H,7-9H2,1-2H3,(H,17,18)(H,19,20)/t10-,15?,16?/m0/s1. The van der Waals surface area contributed by atoms with E-state index in [1.54, 1.807) is 7.11 Å². The number of hydrogen-bond acceptors (Lipinski definition) is 3. The van der Waals surface area contributed by atoms with Crippen molar-refractivity contribution >= 4 is 11.9 Å². The van der Waals surface area contributed by atoms with E-state index in [-0.39, 0.29) is 11.9 Å². The highest BCUT2D eigenvalue weighted by Gasteiger charge is 2.75. The lowest BCUT2D eigenvalue weighted by Gasteiger charge is -2.66. The van der Waals surface area contributed by atoms with Gasteiger partial charge in [0.25, 0.3) is 0 Å². The van der Waals surface area contributed by atoms with E-state index < -0.39 is 16.8 Å². The van der Waals surface area contributed by atoms with Crippen LogP contribution in [0.4, 0.5) is 0 Å². The highest BCUT2D eigenvalue weighted by Crippen LogP contribution is 2.73. The molecule has 21 heavy (non-hydrogen) atoms. The number of rotatable bonds is 5. The molecule has 3 fully saturated rings. The monoisotopic (exact) mass is 289 g/mol. The lowest BCUT2D eigenvalue weighted by atomic mass is 9.35. The van der Waals surface area contributed by atoms with E-state index in [2.05, 4.69) is 5.32 Å². The number of carboxylic acid groups (broad SMARTS) is 1. The maximum Gasteiger partial charge on any atom is 0.309 e. The summed E-state index contributed by atoms with van der Waals surface area (Å²) in [6, 6.07) is 7.40. The molecule has 0 unspecified atom stereocenters. The average Bonchev–Trinajstić information content (AvgIpc) is 2.34. The summed E-state index contributed by atoms with van der Waals surface area (Å²) in [6.07, 6.45) is 1.42. The molecule has 0 aliphatic heterocycles. The summed E-state index contributed by atoms with van der Waals surface area (Å²) in [7, 11) is 1.60. The van der Waals surface area contributed by atoms with Gasteiger partial charge in [-0.05, 0) is 32.3 Å². The number of methoxy groups -OCH3 is 1. The summed E-state index contributed by atoms with van der Waals surface area (Å²) in [4.78, 5) is 23.5. The Balaban J connectivity index is 1.66. The van der Waals surface area contributed by atoms with Crippen molar-refractivity contribution in [1.29, 1.82) is 0 Å². The van der Waals surface area contributed by atoms with Gasteiger partial charge in [0.15, 0.2) is 0 Å². The number of ether oxygens (including phenoxy) is 1. The first kappa shape index (κ1) is 13.9. The molecule has 3 saturated carbocycles. The summed E-state index contributed by atoms with van der Waals surface area (Å²) in [5, 5.41) is 12.1. The summed E-state index contributed by atoms with van der Waals surface area (Å²) >= 11 is 0. The fourth-order valence-corrected chi connectivity index (χ4v) is 3.71. The minimum atomic E-state index is -0.769. The zero-order valence-electron chi connectivity index (χ0n) is 12.2. The Morgan fingerprint density at radius 3 is 2.43 bits per heavy atom. The molecule has 1 aromatic carbocycles. The van der Waals surface area contributed by atoms with E-state index in [0.717, 1.165) is 11.3 Å². The third-order valence-electron chi connectivity index (χ3n) is 4.92. The van der Waals surface area contributed by atoms with Gasteiger partial charge < -0.3 is 15.2 Å². The number of carbonyl (C=O) groups excluding carboxylic acids is 1. The van der Waals surface area contributed by atoms with Crippen LogP contribution in [0.5, 0.6) is 5.75 Å².